The first-order chi connectivity index (χ1) is 8.24. The highest BCUT2D eigenvalue weighted by Gasteiger charge is 2.04. The van der Waals surface area contributed by atoms with Crippen molar-refractivity contribution < 1.29 is 4.79 Å². The van der Waals surface area contributed by atoms with Crippen LogP contribution in [0.15, 0.2) is 30.9 Å². The number of anilines is 1. The third-order valence-electron chi connectivity index (χ3n) is 2.07. The van der Waals surface area contributed by atoms with Crippen LogP contribution in [0.25, 0.3) is 0 Å². The Morgan fingerprint density at radius 2 is 2.41 bits per heavy atom. The van der Waals surface area contributed by atoms with Crippen LogP contribution in [-0.2, 0) is 17.9 Å². The molecule has 0 unspecified atom stereocenters. The molecule has 0 aliphatic heterocycles. The summed E-state index contributed by atoms with van der Waals surface area (Å²) in [5, 5.41) is 6.56. The van der Waals surface area contributed by atoms with E-state index in [1.54, 1.807) is 12.4 Å². The van der Waals surface area contributed by atoms with Gasteiger partial charge in [0.15, 0.2) is 0 Å². The lowest BCUT2D eigenvalue weighted by molar-refractivity contribution is -0.122. The molecule has 0 saturated carbocycles. The monoisotopic (exact) mass is 232 g/mol. The smallest absolute Gasteiger partial charge is 0.242 e. The van der Waals surface area contributed by atoms with Crippen molar-refractivity contribution in [3.8, 4) is 0 Å². The van der Waals surface area contributed by atoms with Gasteiger partial charge in [-0.1, -0.05) is 6.07 Å². The van der Waals surface area contributed by atoms with Crippen LogP contribution >= 0.6 is 0 Å². The minimum Gasteiger partial charge on any atom is -0.367 e. The molecule has 88 valence electrons. The highest BCUT2D eigenvalue weighted by Crippen LogP contribution is 1.95. The fourth-order valence-electron chi connectivity index (χ4n) is 1.29. The molecule has 0 spiro atoms. The van der Waals surface area contributed by atoms with E-state index < -0.39 is 0 Å². The molecule has 7 heteroatoms. The molecule has 17 heavy (non-hydrogen) atoms. The van der Waals surface area contributed by atoms with Gasteiger partial charge in [-0.15, -0.1) is 5.10 Å². The number of amides is 1. The molecule has 3 N–H and O–H groups in total. The van der Waals surface area contributed by atoms with Gasteiger partial charge in [0.2, 0.25) is 11.9 Å². The first-order valence-corrected chi connectivity index (χ1v) is 5.04. The van der Waals surface area contributed by atoms with E-state index >= 15 is 0 Å². The van der Waals surface area contributed by atoms with E-state index in [-0.39, 0.29) is 18.4 Å². The zero-order chi connectivity index (χ0) is 12.1. The number of nitrogens with two attached hydrogens (primary N) is 1. The number of carbonyl (C=O) groups is 1. The highest BCUT2D eigenvalue weighted by atomic mass is 16.2. The average Bonchev–Trinajstić information content (AvgIpc) is 2.73. The molecule has 0 atom stereocenters. The molecule has 0 radical (unpaired) electrons. The highest BCUT2D eigenvalue weighted by molar-refractivity contribution is 5.75. The van der Waals surface area contributed by atoms with E-state index in [9.17, 15) is 4.79 Å². The molecule has 0 bridgehead atoms. The maximum atomic E-state index is 11.5. The molecule has 2 aromatic heterocycles. The van der Waals surface area contributed by atoms with Crippen molar-refractivity contribution in [2.24, 2.45) is 0 Å². The Kier molecular flexibility index (Phi) is 3.29. The van der Waals surface area contributed by atoms with Gasteiger partial charge >= 0.3 is 0 Å². The quantitative estimate of drug-likeness (QED) is 0.745. The number of carbonyl (C=O) groups excluding carboxylic acids is 1. The minimum atomic E-state index is -0.154. The number of hydrogen-bond donors (Lipinski definition) is 2. The topological polar surface area (TPSA) is 98.7 Å². The Morgan fingerprint density at radius 1 is 1.53 bits per heavy atom. The first kappa shape index (κ1) is 11.1. The summed E-state index contributed by atoms with van der Waals surface area (Å²) < 4.78 is 1.38. The largest absolute Gasteiger partial charge is 0.367 e. The Balaban J connectivity index is 1.82. The third-order valence-corrected chi connectivity index (χ3v) is 2.07. The summed E-state index contributed by atoms with van der Waals surface area (Å²) in [6, 6.07) is 3.71. The summed E-state index contributed by atoms with van der Waals surface area (Å²) in [6.07, 6.45) is 4.80. The summed E-state index contributed by atoms with van der Waals surface area (Å²) in [4.78, 5) is 19.2. The molecule has 0 aromatic carbocycles. The number of aromatic nitrogens is 4. The Labute approximate surface area is 97.7 Å². The van der Waals surface area contributed by atoms with Gasteiger partial charge in [0.25, 0.3) is 0 Å². The minimum absolute atomic E-state index is 0.102. The normalized spacial score (nSPS) is 10.1. The van der Waals surface area contributed by atoms with Crippen LogP contribution in [0.5, 0.6) is 0 Å². The standard InChI is InChI=1S/C10H12N6O/c11-10-14-7-16(15-10)6-9(17)13-5-8-2-1-3-12-4-8/h1-4,7H,5-6H2,(H2,11,15)(H,13,17). The lowest BCUT2D eigenvalue weighted by Gasteiger charge is -2.04. The average molecular weight is 232 g/mol. The van der Waals surface area contributed by atoms with Gasteiger partial charge in [0, 0.05) is 18.9 Å². The number of nitrogens with zero attached hydrogens (tertiary/aromatic N) is 4. The second-order valence-corrected chi connectivity index (χ2v) is 3.44. The molecule has 2 heterocycles. The molecule has 2 aromatic rings. The van der Waals surface area contributed by atoms with Crippen LogP contribution in [0.3, 0.4) is 0 Å². The summed E-state index contributed by atoms with van der Waals surface area (Å²) in [6.45, 7) is 0.543. The second kappa shape index (κ2) is 5.06. The van der Waals surface area contributed by atoms with Gasteiger partial charge in [-0.3, -0.25) is 9.78 Å². The second-order valence-electron chi connectivity index (χ2n) is 3.44. The van der Waals surface area contributed by atoms with Gasteiger partial charge < -0.3 is 11.1 Å². The van der Waals surface area contributed by atoms with Gasteiger partial charge in [0.1, 0.15) is 12.9 Å². The summed E-state index contributed by atoms with van der Waals surface area (Å²) in [5.74, 6) is 0.00353. The number of nitrogen functional groups attached to an aromatic ring is 1. The molecular weight excluding hydrogens is 220 g/mol. The van der Waals surface area contributed by atoms with Crippen molar-refractivity contribution >= 4 is 11.9 Å². The predicted molar refractivity (Wildman–Crippen MR) is 60.5 cm³/mol. The van der Waals surface area contributed by atoms with Crippen molar-refractivity contribution in [3.05, 3.63) is 36.4 Å². The number of nitrogens with one attached hydrogen (secondary N) is 1. The maximum absolute atomic E-state index is 11.5. The van der Waals surface area contributed by atoms with Crippen LogP contribution in [0.4, 0.5) is 5.95 Å². The third kappa shape index (κ3) is 3.26. The fraction of sp³-hybridized carbons (Fsp3) is 0.200. The van der Waals surface area contributed by atoms with Crippen LogP contribution < -0.4 is 11.1 Å². The Morgan fingerprint density at radius 3 is 3.06 bits per heavy atom. The van der Waals surface area contributed by atoms with Crippen molar-refractivity contribution in [2.75, 3.05) is 5.73 Å². The van der Waals surface area contributed by atoms with E-state index in [4.69, 9.17) is 5.73 Å². The Hall–Kier alpha value is -2.44. The van der Waals surface area contributed by atoms with Crippen molar-refractivity contribution in [1.29, 1.82) is 0 Å². The van der Waals surface area contributed by atoms with Gasteiger partial charge in [-0.2, -0.15) is 0 Å². The zero-order valence-electron chi connectivity index (χ0n) is 9.08. The van der Waals surface area contributed by atoms with E-state index in [1.165, 1.54) is 11.0 Å². The molecule has 0 aliphatic rings. The number of pyridine rings is 1. The molecule has 1 amide bonds. The maximum Gasteiger partial charge on any atom is 0.242 e. The lowest BCUT2D eigenvalue weighted by Crippen LogP contribution is -2.27. The van der Waals surface area contributed by atoms with E-state index in [2.05, 4.69) is 20.4 Å². The molecule has 0 aliphatic carbocycles. The summed E-state index contributed by atoms with van der Waals surface area (Å²) in [7, 11) is 0. The molecule has 2 rings (SSSR count). The number of hydrogen-bond acceptors (Lipinski definition) is 5. The molecular formula is C10H12N6O. The van der Waals surface area contributed by atoms with Crippen LogP contribution in [0.2, 0.25) is 0 Å². The van der Waals surface area contributed by atoms with E-state index in [0.29, 0.717) is 6.54 Å². The van der Waals surface area contributed by atoms with Crippen molar-refractivity contribution in [3.63, 3.8) is 0 Å². The Bertz CT molecular complexity index is 495. The van der Waals surface area contributed by atoms with Crippen LogP contribution in [0.1, 0.15) is 5.56 Å². The van der Waals surface area contributed by atoms with Crippen molar-refractivity contribution in [1.82, 2.24) is 25.1 Å². The van der Waals surface area contributed by atoms with Crippen LogP contribution in [-0.4, -0.2) is 25.7 Å². The summed E-state index contributed by atoms with van der Waals surface area (Å²) in [5.41, 5.74) is 6.28. The van der Waals surface area contributed by atoms with Gasteiger partial charge in [0.05, 0.1) is 0 Å². The van der Waals surface area contributed by atoms with Crippen LogP contribution in [0, 0.1) is 0 Å². The molecule has 0 fully saturated rings. The van der Waals surface area contributed by atoms with E-state index in [0.717, 1.165) is 5.56 Å². The van der Waals surface area contributed by atoms with Gasteiger partial charge in [-0.05, 0) is 11.6 Å². The summed E-state index contributed by atoms with van der Waals surface area (Å²) >= 11 is 0. The SMILES string of the molecule is Nc1ncn(CC(=O)NCc2cccnc2)n1. The molecule has 7 nitrogen and oxygen atoms in total. The van der Waals surface area contributed by atoms with Crippen molar-refractivity contribution in [2.45, 2.75) is 13.1 Å². The zero-order valence-corrected chi connectivity index (χ0v) is 9.08. The predicted octanol–water partition coefficient (Wildman–Crippen LogP) is -0.428. The number of rotatable bonds is 4. The van der Waals surface area contributed by atoms with E-state index in [1.807, 2.05) is 12.1 Å². The lowest BCUT2D eigenvalue weighted by atomic mass is 10.3. The first-order valence-electron chi connectivity index (χ1n) is 5.04. The molecule has 0 saturated heterocycles. The van der Waals surface area contributed by atoms with Gasteiger partial charge in [-0.25, -0.2) is 9.67 Å². The fourth-order valence-corrected chi connectivity index (χ4v) is 1.29.